The predicted octanol–water partition coefficient (Wildman–Crippen LogP) is 4.80. The highest BCUT2D eigenvalue weighted by molar-refractivity contribution is 7.14. The van der Waals surface area contributed by atoms with Gasteiger partial charge in [-0.1, -0.05) is 31.6 Å². The van der Waals surface area contributed by atoms with Gasteiger partial charge in [-0.3, -0.25) is 4.79 Å². The van der Waals surface area contributed by atoms with E-state index in [1.807, 2.05) is 38.1 Å². The fourth-order valence-corrected chi connectivity index (χ4v) is 2.62. The Balaban J connectivity index is 2.79. The molecule has 1 nitrogen and oxygen atoms in total. The van der Waals surface area contributed by atoms with Gasteiger partial charge in [0.2, 0.25) is 5.78 Å². The highest BCUT2D eigenvalue weighted by Crippen LogP contribution is 2.21. The van der Waals surface area contributed by atoms with E-state index in [1.54, 1.807) is 11.3 Å². The van der Waals surface area contributed by atoms with E-state index in [0.717, 1.165) is 16.9 Å². The topological polar surface area (TPSA) is 17.1 Å². The summed E-state index contributed by atoms with van der Waals surface area (Å²) in [5.41, 5.74) is 0.774. The third kappa shape index (κ3) is 3.97. The largest absolute Gasteiger partial charge is 0.288 e. The van der Waals surface area contributed by atoms with Crippen LogP contribution in [0.15, 0.2) is 35.9 Å². The Labute approximate surface area is 108 Å². The second-order valence-corrected chi connectivity index (χ2v) is 5.11. The van der Waals surface area contributed by atoms with E-state index in [0.29, 0.717) is 0 Å². The van der Waals surface area contributed by atoms with E-state index in [2.05, 4.69) is 13.0 Å². The van der Waals surface area contributed by atoms with Crippen LogP contribution in [0, 0.1) is 0 Å². The van der Waals surface area contributed by atoms with Gasteiger partial charge in [0.1, 0.15) is 0 Å². The molecule has 0 aliphatic carbocycles. The number of Topliss-reactive ketones (excluding diaryl/α,β-unsaturated/α-hetero) is 1. The molecule has 1 rings (SSSR count). The smallest absolute Gasteiger partial charge is 0.202 e. The van der Waals surface area contributed by atoms with E-state index in [1.165, 1.54) is 17.7 Å². The van der Waals surface area contributed by atoms with Crippen molar-refractivity contribution in [2.75, 3.05) is 0 Å². The minimum atomic E-state index is 0.137. The van der Waals surface area contributed by atoms with E-state index < -0.39 is 0 Å². The monoisotopic (exact) mass is 248 g/mol. The number of unbranched alkanes of at least 4 members (excludes halogenated alkanes) is 1. The van der Waals surface area contributed by atoms with Crippen molar-refractivity contribution in [3.8, 4) is 0 Å². The Kier molecular flexibility index (Phi) is 5.92. The van der Waals surface area contributed by atoms with Crippen LogP contribution in [-0.4, -0.2) is 5.78 Å². The molecule has 1 aromatic rings. The van der Waals surface area contributed by atoms with Crippen molar-refractivity contribution in [2.24, 2.45) is 0 Å². The second kappa shape index (κ2) is 7.23. The van der Waals surface area contributed by atoms with Gasteiger partial charge in [-0.2, -0.15) is 0 Å². The Morgan fingerprint density at radius 3 is 2.71 bits per heavy atom. The molecule has 0 unspecified atom stereocenters. The van der Waals surface area contributed by atoms with Crippen LogP contribution in [-0.2, 0) is 6.42 Å². The average molecular weight is 248 g/mol. The van der Waals surface area contributed by atoms with Gasteiger partial charge in [-0.15, -0.1) is 11.3 Å². The van der Waals surface area contributed by atoms with Gasteiger partial charge in [0.15, 0.2) is 0 Å². The summed E-state index contributed by atoms with van der Waals surface area (Å²) in [5, 5.41) is 0. The predicted molar refractivity (Wildman–Crippen MR) is 75.8 cm³/mol. The molecule has 17 heavy (non-hydrogen) atoms. The molecule has 0 atom stereocenters. The van der Waals surface area contributed by atoms with E-state index in [4.69, 9.17) is 0 Å². The van der Waals surface area contributed by atoms with Gasteiger partial charge in [-0.05, 0) is 38.8 Å². The first kappa shape index (κ1) is 13.9. The maximum absolute atomic E-state index is 12.1. The van der Waals surface area contributed by atoms with Gasteiger partial charge in [0, 0.05) is 10.5 Å². The molecule has 0 spiro atoms. The number of allylic oxidation sites excluding steroid dienone is 4. The Morgan fingerprint density at radius 2 is 2.12 bits per heavy atom. The van der Waals surface area contributed by atoms with Crippen molar-refractivity contribution >= 4 is 17.1 Å². The molecule has 0 saturated heterocycles. The third-order valence-electron chi connectivity index (χ3n) is 2.58. The number of ketones is 1. The maximum Gasteiger partial charge on any atom is 0.202 e. The summed E-state index contributed by atoms with van der Waals surface area (Å²) in [4.78, 5) is 14.3. The summed E-state index contributed by atoms with van der Waals surface area (Å²) in [6.45, 7) is 6.01. The van der Waals surface area contributed by atoms with Crippen molar-refractivity contribution in [3.05, 3.63) is 45.7 Å². The minimum absolute atomic E-state index is 0.137. The SMILES string of the molecule is C/C=C\C(=C/C)C(=O)c1ccc(CCCC)s1. The fraction of sp³-hybridized carbons (Fsp3) is 0.400. The molecule has 0 aliphatic heterocycles. The first-order valence-corrected chi connectivity index (χ1v) is 6.97. The number of rotatable bonds is 6. The third-order valence-corrected chi connectivity index (χ3v) is 3.73. The molecule has 0 amide bonds. The fourth-order valence-electron chi connectivity index (χ4n) is 1.61. The van der Waals surface area contributed by atoms with Crippen molar-refractivity contribution in [3.63, 3.8) is 0 Å². The van der Waals surface area contributed by atoms with Crippen molar-refractivity contribution in [2.45, 2.75) is 40.0 Å². The molecule has 0 bridgehead atoms. The molecular weight excluding hydrogens is 228 g/mol. The molecule has 0 fully saturated rings. The van der Waals surface area contributed by atoms with Gasteiger partial charge in [-0.25, -0.2) is 0 Å². The number of carbonyl (C=O) groups is 1. The lowest BCUT2D eigenvalue weighted by Gasteiger charge is -1.97. The number of aryl methyl sites for hydroxylation is 1. The highest BCUT2D eigenvalue weighted by Gasteiger charge is 2.11. The normalized spacial score (nSPS) is 12.3. The van der Waals surface area contributed by atoms with Crippen LogP contribution in [0.4, 0.5) is 0 Å². The van der Waals surface area contributed by atoms with Crippen LogP contribution in [0.5, 0.6) is 0 Å². The lowest BCUT2D eigenvalue weighted by molar-refractivity contribution is 0.104. The van der Waals surface area contributed by atoms with Crippen LogP contribution >= 0.6 is 11.3 Å². The molecule has 0 aromatic carbocycles. The lowest BCUT2D eigenvalue weighted by Crippen LogP contribution is -1.98. The van der Waals surface area contributed by atoms with Gasteiger partial charge >= 0.3 is 0 Å². The Morgan fingerprint density at radius 1 is 1.35 bits per heavy atom. The molecule has 0 aliphatic rings. The number of carbonyl (C=O) groups excluding carboxylic acids is 1. The molecule has 0 radical (unpaired) electrons. The zero-order valence-corrected chi connectivity index (χ0v) is 11.6. The number of hydrogen-bond acceptors (Lipinski definition) is 2. The summed E-state index contributed by atoms with van der Waals surface area (Å²) in [7, 11) is 0. The van der Waals surface area contributed by atoms with Crippen LogP contribution in [0.25, 0.3) is 0 Å². The van der Waals surface area contributed by atoms with Crippen LogP contribution < -0.4 is 0 Å². The molecule has 0 saturated carbocycles. The zero-order valence-electron chi connectivity index (χ0n) is 10.8. The van der Waals surface area contributed by atoms with Gasteiger partial charge < -0.3 is 0 Å². The van der Waals surface area contributed by atoms with E-state index in [-0.39, 0.29) is 5.78 Å². The summed E-state index contributed by atoms with van der Waals surface area (Å²) >= 11 is 1.63. The van der Waals surface area contributed by atoms with E-state index >= 15 is 0 Å². The average Bonchev–Trinajstić information content (AvgIpc) is 2.81. The summed E-state index contributed by atoms with van der Waals surface area (Å²) < 4.78 is 0. The highest BCUT2D eigenvalue weighted by atomic mass is 32.1. The van der Waals surface area contributed by atoms with Gasteiger partial charge in [0.25, 0.3) is 0 Å². The van der Waals surface area contributed by atoms with Gasteiger partial charge in [0.05, 0.1) is 4.88 Å². The van der Waals surface area contributed by atoms with Crippen LogP contribution in [0.2, 0.25) is 0 Å². The quantitative estimate of drug-likeness (QED) is 0.401. The minimum Gasteiger partial charge on any atom is -0.288 e. The standard InChI is InChI=1S/C15H20OS/c1-4-7-9-13-10-11-14(17-13)15(16)12(6-3)8-5-2/h5-6,8,10-11H,4,7,9H2,1-3H3/b8-5-,12-6+. The second-order valence-electron chi connectivity index (χ2n) is 3.94. The van der Waals surface area contributed by atoms with Crippen molar-refractivity contribution in [1.29, 1.82) is 0 Å². The lowest BCUT2D eigenvalue weighted by atomic mass is 10.1. The number of hydrogen-bond donors (Lipinski definition) is 0. The Hall–Kier alpha value is -1.15. The summed E-state index contributed by atoms with van der Waals surface area (Å²) in [6.07, 6.45) is 9.11. The molecular formula is C15H20OS. The van der Waals surface area contributed by atoms with Crippen LogP contribution in [0.1, 0.15) is 48.2 Å². The first-order chi connectivity index (χ1) is 8.22. The molecule has 1 heterocycles. The molecule has 92 valence electrons. The first-order valence-electron chi connectivity index (χ1n) is 6.15. The van der Waals surface area contributed by atoms with Crippen molar-refractivity contribution < 1.29 is 4.79 Å². The molecule has 0 N–H and O–H groups in total. The number of thiophene rings is 1. The molecule has 2 heteroatoms. The van der Waals surface area contributed by atoms with E-state index in [9.17, 15) is 4.79 Å². The summed E-state index contributed by atoms with van der Waals surface area (Å²) in [5.74, 6) is 0.137. The molecule has 1 aromatic heterocycles. The van der Waals surface area contributed by atoms with Crippen LogP contribution in [0.3, 0.4) is 0 Å². The van der Waals surface area contributed by atoms with Crippen molar-refractivity contribution in [1.82, 2.24) is 0 Å². The Bertz CT molecular complexity index is 424. The maximum atomic E-state index is 12.1. The zero-order chi connectivity index (χ0) is 12.7. The summed E-state index contributed by atoms with van der Waals surface area (Å²) in [6, 6.07) is 4.03.